The van der Waals surface area contributed by atoms with Gasteiger partial charge in [0.1, 0.15) is 13.2 Å². The molecule has 0 saturated heterocycles. The second kappa shape index (κ2) is 8.26. The molecule has 0 aliphatic rings. The highest BCUT2D eigenvalue weighted by molar-refractivity contribution is 7.89. The van der Waals surface area contributed by atoms with Gasteiger partial charge < -0.3 is 4.74 Å². The summed E-state index contributed by atoms with van der Waals surface area (Å²) >= 11 is 13.0. The number of carbonyl (C=O) groups is 1. The van der Waals surface area contributed by atoms with E-state index in [4.69, 9.17) is 27.9 Å². The van der Waals surface area contributed by atoms with E-state index in [-0.39, 0.29) is 21.5 Å². The van der Waals surface area contributed by atoms with Crippen LogP contribution in [0, 0.1) is 0 Å². The van der Waals surface area contributed by atoms with Gasteiger partial charge in [-0.25, -0.2) is 13.4 Å². The van der Waals surface area contributed by atoms with E-state index in [0.717, 1.165) is 11.4 Å². The molecule has 0 saturated carbocycles. The first-order chi connectivity index (χ1) is 11.3. The van der Waals surface area contributed by atoms with Crippen molar-refractivity contribution in [2.75, 3.05) is 6.54 Å². The van der Waals surface area contributed by atoms with Gasteiger partial charge in [0.05, 0.1) is 25.6 Å². The zero-order chi connectivity index (χ0) is 17.7. The highest BCUT2D eigenvalue weighted by atomic mass is 35.5. The third-order valence-corrected chi connectivity index (χ3v) is 6.07. The van der Waals surface area contributed by atoms with Crippen LogP contribution < -0.4 is 4.72 Å². The number of aromatic nitrogens is 1. The van der Waals surface area contributed by atoms with Crippen LogP contribution >= 0.6 is 34.5 Å². The Kier molecular flexibility index (Phi) is 6.59. The average Bonchev–Trinajstić information content (AvgIpc) is 3.01. The minimum atomic E-state index is -3.88. The monoisotopic (exact) mass is 408 g/mol. The number of rotatable bonds is 7. The fourth-order valence-electron chi connectivity index (χ4n) is 1.66. The van der Waals surface area contributed by atoms with E-state index in [1.165, 1.54) is 29.5 Å². The third kappa shape index (κ3) is 5.15. The SMILES string of the molecule is CCc1nc(COC(=O)CNS(=O)(=O)c2ccc(Cl)c(Cl)c2)cs1. The summed E-state index contributed by atoms with van der Waals surface area (Å²) in [6, 6.07) is 3.87. The maximum atomic E-state index is 12.1. The second-order valence-corrected chi connectivity index (χ2v) is 8.17. The van der Waals surface area contributed by atoms with E-state index >= 15 is 0 Å². The van der Waals surface area contributed by atoms with Gasteiger partial charge in [-0.2, -0.15) is 4.72 Å². The molecule has 1 aromatic heterocycles. The quantitative estimate of drug-likeness (QED) is 0.711. The number of hydrogen-bond acceptors (Lipinski definition) is 6. The lowest BCUT2D eigenvalue weighted by atomic mass is 10.4. The molecule has 130 valence electrons. The summed E-state index contributed by atoms with van der Waals surface area (Å²) in [7, 11) is -3.88. The minimum Gasteiger partial charge on any atom is -0.458 e. The molecule has 24 heavy (non-hydrogen) atoms. The molecule has 2 rings (SSSR count). The van der Waals surface area contributed by atoms with Gasteiger partial charge in [0, 0.05) is 5.38 Å². The minimum absolute atomic E-state index is 0.00380. The Balaban J connectivity index is 1.89. The van der Waals surface area contributed by atoms with Crippen LogP contribution in [0.4, 0.5) is 0 Å². The first kappa shape index (κ1) is 19.1. The highest BCUT2D eigenvalue weighted by Crippen LogP contribution is 2.24. The Morgan fingerprint density at radius 1 is 1.33 bits per heavy atom. The van der Waals surface area contributed by atoms with Crippen molar-refractivity contribution in [3.8, 4) is 0 Å². The van der Waals surface area contributed by atoms with Gasteiger partial charge in [-0.15, -0.1) is 11.3 Å². The van der Waals surface area contributed by atoms with Crippen LogP contribution in [0.3, 0.4) is 0 Å². The Morgan fingerprint density at radius 3 is 2.71 bits per heavy atom. The van der Waals surface area contributed by atoms with Gasteiger partial charge in [0.15, 0.2) is 0 Å². The topological polar surface area (TPSA) is 85.4 Å². The number of thiazole rings is 1. The smallest absolute Gasteiger partial charge is 0.321 e. The Morgan fingerprint density at radius 2 is 2.08 bits per heavy atom. The summed E-state index contributed by atoms with van der Waals surface area (Å²) in [5, 5.41) is 3.09. The number of aryl methyl sites for hydroxylation is 1. The third-order valence-electron chi connectivity index (χ3n) is 2.89. The van der Waals surface area contributed by atoms with Crippen molar-refractivity contribution < 1.29 is 17.9 Å². The molecule has 0 radical (unpaired) electrons. The summed E-state index contributed by atoms with van der Waals surface area (Å²) in [5.41, 5.74) is 0.637. The summed E-state index contributed by atoms with van der Waals surface area (Å²) < 4.78 is 31.3. The lowest BCUT2D eigenvalue weighted by Gasteiger charge is -2.07. The molecule has 0 unspecified atom stereocenters. The van der Waals surface area contributed by atoms with Gasteiger partial charge in [-0.1, -0.05) is 30.1 Å². The van der Waals surface area contributed by atoms with Crippen molar-refractivity contribution in [1.29, 1.82) is 0 Å². The van der Waals surface area contributed by atoms with Crippen molar-refractivity contribution in [2.45, 2.75) is 24.8 Å². The van der Waals surface area contributed by atoms with Gasteiger partial charge in [-0.05, 0) is 24.6 Å². The predicted octanol–water partition coefficient (Wildman–Crippen LogP) is 3.03. The molecule has 1 N–H and O–H groups in total. The molecule has 0 amide bonds. The normalized spacial score (nSPS) is 11.5. The lowest BCUT2D eigenvalue weighted by molar-refractivity contribution is -0.143. The Hall–Kier alpha value is -1.19. The summed E-state index contributed by atoms with van der Waals surface area (Å²) in [5.74, 6) is -0.704. The summed E-state index contributed by atoms with van der Waals surface area (Å²) in [6.45, 7) is 1.49. The van der Waals surface area contributed by atoms with Crippen molar-refractivity contribution >= 4 is 50.5 Å². The number of carbonyl (C=O) groups excluding carboxylic acids is 1. The molecule has 0 atom stereocenters. The van der Waals surface area contributed by atoms with Crippen LogP contribution in [0.25, 0.3) is 0 Å². The van der Waals surface area contributed by atoms with E-state index in [1.54, 1.807) is 5.38 Å². The molecule has 2 aromatic rings. The molecule has 1 aromatic carbocycles. The van der Waals surface area contributed by atoms with Crippen molar-refractivity contribution in [2.24, 2.45) is 0 Å². The Labute approximate surface area is 153 Å². The standard InChI is InChI=1S/C14H14Cl2N2O4S2/c1-2-13-18-9(8-23-13)7-22-14(19)6-17-24(20,21)10-3-4-11(15)12(16)5-10/h3-5,8,17H,2,6-7H2,1H3. The number of hydrogen-bond donors (Lipinski definition) is 1. The van der Waals surface area contributed by atoms with Gasteiger partial charge >= 0.3 is 5.97 Å². The zero-order valence-corrected chi connectivity index (χ0v) is 15.7. The van der Waals surface area contributed by atoms with E-state index in [1.807, 2.05) is 6.92 Å². The number of nitrogens with one attached hydrogen (secondary N) is 1. The molecule has 0 aliphatic heterocycles. The number of esters is 1. The fraction of sp³-hybridized carbons (Fsp3) is 0.286. The van der Waals surface area contributed by atoms with Crippen LogP contribution in [0.1, 0.15) is 17.6 Å². The number of benzene rings is 1. The van der Waals surface area contributed by atoms with Crippen LogP contribution in [0.5, 0.6) is 0 Å². The predicted molar refractivity (Wildman–Crippen MR) is 92.9 cm³/mol. The van der Waals surface area contributed by atoms with Crippen LogP contribution in [-0.4, -0.2) is 25.9 Å². The molecule has 1 heterocycles. The van der Waals surface area contributed by atoms with E-state index in [0.29, 0.717) is 5.69 Å². The van der Waals surface area contributed by atoms with Crippen molar-refractivity contribution in [3.05, 3.63) is 44.3 Å². The van der Waals surface area contributed by atoms with Crippen LogP contribution in [0.2, 0.25) is 10.0 Å². The van der Waals surface area contributed by atoms with Crippen LogP contribution in [-0.2, 0) is 32.6 Å². The van der Waals surface area contributed by atoms with E-state index < -0.39 is 22.5 Å². The average molecular weight is 409 g/mol. The van der Waals surface area contributed by atoms with Crippen molar-refractivity contribution in [1.82, 2.24) is 9.71 Å². The summed E-state index contributed by atoms with van der Waals surface area (Å²) in [4.78, 5) is 15.8. The molecule has 0 fully saturated rings. The number of ether oxygens (including phenoxy) is 1. The largest absolute Gasteiger partial charge is 0.458 e. The fourth-order valence-corrected chi connectivity index (χ4v) is 3.75. The number of nitrogens with zero attached hydrogens (tertiary/aromatic N) is 1. The first-order valence-electron chi connectivity index (χ1n) is 6.85. The molecular weight excluding hydrogens is 395 g/mol. The maximum Gasteiger partial charge on any atom is 0.321 e. The Bertz CT molecular complexity index is 837. The molecule has 0 bridgehead atoms. The molecule has 10 heteroatoms. The summed E-state index contributed by atoms with van der Waals surface area (Å²) in [6.07, 6.45) is 0.808. The number of sulfonamides is 1. The molecule has 6 nitrogen and oxygen atoms in total. The van der Waals surface area contributed by atoms with Gasteiger partial charge in [0.2, 0.25) is 10.0 Å². The molecular formula is C14H14Cl2N2O4S2. The van der Waals surface area contributed by atoms with Crippen molar-refractivity contribution in [3.63, 3.8) is 0 Å². The lowest BCUT2D eigenvalue weighted by Crippen LogP contribution is -2.30. The van der Waals surface area contributed by atoms with E-state index in [2.05, 4.69) is 9.71 Å². The van der Waals surface area contributed by atoms with Gasteiger partial charge in [0.25, 0.3) is 0 Å². The second-order valence-electron chi connectivity index (χ2n) is 4.65. The highest BCUT2D eigenvalue weighted by Gasteiger charge is 2.17. The van der Waals surface area contributed by atoms with E-state index in [9.17, 15) is 13.2 Å². The van der Waals surface area contributed by atoms with Crippen LogP contribution in [0.15, 0.2) is 28.5 Å². The van der Waals surface area contributed by atoms with Gasteiger partial charge in [-0.3, -0.25) is 4.79 Å². The maximum absolute atomic E-state index is 12.1. The first-order valence-corrected chi connectivity index (χ1v) is 9.97. The molecule has 0 aliphatic carbocycles. The number of halogens is 2. The molecule has 0 spiro atoms. The zero-order valence-electron chi connectivity index (χ0n) is 12.6.